The molecule has 1 aromatic carbocycles. The van der Waals surface area contributed by atoms with E-state index >= 15 is 0 Å². The molecule has 20 heavy (non-hydrogen) atoms. The quantitative estimate of drug-likeness (QED) is 0.726. The molecular formula is C18H23ClO. The molecule has 4 aliphatic rings. The Kier molecular flexibility index (Phi) is 3.22. The topological polar surface area (TPSA) is 9.23 Å². The summed E-state index contributed by atoms with van der Waals surface area (Å²) in [7, 11) is 0. The Hall–Kier alpha value is -0.690. The largest absolute Gasteiger partial charge is 0.492 e. The van der Waals surface area contributed by atoms with Crippen LogP contribution in [0, 0.1) is 17.8 Å². The Balaban J connectivity index is 1.57. The zero-order chi connectivity index (χ0) is 13.6. The summed E-state index contributed by atoms with van der Waals surface area (Å²) in [6, 6.07) is 8.91. The van der Waals surface area contributed by atoms with Gasteiger partial charge in [0, 0.05) is 0 Å². The lowest BCUT2D eigenvalue weighted by Gasteiger charge is -2.57. The lowest BCUT2D eigenvalue weighted by Crippen LogP contribution is -2.48. The fraction of sp³-hybridized carbons (Fsp3) is 0.667. The van der Waals surface area contributed by atoms with Crippen molar-refractivity contribution in [3.05, 3.63) is 29.8 Å². The highest BCUT2D eigenvalue weighted by Crippen LogP contribution is 2.60. The van der Waals surface area contributed by atoms with Gasteiger partial charge in [-0.2, -0.15) is 0 Å². The van der Waals surface area contributed by atoms with Gasteiger partial charge in [0.25, 0.3) is 0 Å². The predicted molar refractivity (Wildman–Crippen MR) is 82.5 cm³/mol. The summed E-state index contributed by atoms with van der Waals surface area (Å²) in [4.78, 5) is 0. The number of hydrogen-bond acceptors (Lipinski definition) is 1. The molecule has 4 aliphatic carbocycles. The van der Waals surface area contributed by atoms with E-state index in [9.17, 15) is 0 Å². The minimum Gasteiger partial charge on any atom is -0.492 e. The Morgan fingerprint density at radius 1 is 0.950 bits per heavy atom. The highest BCUT2D eigenvalue weighted by Gasteiger charge is 2.51. The van der Waals surface area contributed by atoms with Crippen LogP contribution in [0.25, 0.3) is 0 Å². The van der Waals surface area contributed by atoms with Crippen LogP contribution < -0.4 is 4.74 Å². The molecule has 1 aromatic rings. The van der Waals surface area contributed by atoms with Gasteiger partial charge in [-0.05, 0) is 79.4 Å². The maximum atomic E-state index is 5.67. The third-order valence-corrected chi connectivity index (χ3v) is 6.01. The predicted octanol–water partition coefficient (Wildman–Crippen LogP) is 4.77. The van der Waals surface area contributed by atoms with E-state index in [1.54, 1.807) is 5.56 Å². The van der Waals surface area contributed by atoms with E-state index in [1.165, 1.54) is 38.5 Å². The molecule has 4 bridgehead atoms. The third kappa shape index (κ3) is 2.15. The van der Waals surface area contributed by atoms with Crippen LogP contribution in [0.3, 0.4) is 0 Å². The van der Waals surface area contributed by atoms with Crippen molar-refractivity contribution in [2.75, 3.05) is 12.5 Å². The van der Waals surface area contributed by atoms with Crippen LogP contribution >= 0.6 is 11.6 Å². The van der Waals surface area contributed by atoms with Crippen molar-refractivity contribution >= 4 is 11.6 Å². The summed E-state index contributed by atoms with van der Waals surface area (Å²) in [6.45, 7) is 0.596. The second-order valence-electron chi connectivity index (χ2n) is 7.26. The molecule has 0 spiro atoms. The maximum absolute atomic E-state index is 5.67. The molecule has 4 fully saturated rings. The summed E-state index contributed by atoms with van der Waals surface area (Å²) in [5.74, 6) is 4.53. The van der Waals surface area contributed by atoms with E-state index in [-0.39, 0.29) is 0 Å². The van der Waals surface area contributed by atoms with Crippen molar-refractivity contribution in [2.45, 2.75) is 43.9 Å². The zero-order valence-electron chi connectivity index (χ0n) is 12.0. The number of halogens is 1. The SMILES string of the molecule is ClCCOc1ccc(C23CC4CC(CC(C4)C2)C3)cc1. The van der Waals surface area contributed by atoms with E-state index in [2.05, 4.69) is 24.3 Å². The van der Waals surface area contributed by atoms with Crippen molar-refractivity contribution in [3.8, 4) is 5.75 Å². The van der Waals surface area contributed by atoms with E-state index < -0.39 is 0 Å². The first-order chi connectivity index (χ1) is 9.77. The molecule has 0 saturated heterocycles. The normalized spacial score (nSPS) is 38.1. The first kappa shape index (κ1) is 13.0. The molecule has 0 amide bonds. The molecule has 0 unspecified atom stereocenters. The molecule has 0 atom stereocenters. The van der Waals surface area contributed by atoms with Gasteiger partial charge in [-0.15, -0.1) is 11.6 Å². The van der Waals surface area contributed by atoms with Crippen molar-refractivity contribution in [3.63, 3.8) is 0 Å². The van der Waals surface area contributed by atoms with Crippen LogP contribution in [0.1, 0.15) is 44.1 Å². The summed E-state index contributed by atoms with van der Waals surface area (Å²) in [5, 5.41) is 0. The van der Waals surface area contributed by atoms with Gasteiger partial charge in [0.05, 0.1) is 5.88 Å². The van der Waals surface area contributed by atoms with Crippen LogP contribution in [0.15, 0.2) is 24.3 Å². The summed E-state index contributed by atoms with van der Waals surface area (Å²) < 4.78 is 5.60. The van der Waals surface area contributed by atoms with Gasteiger partial charge < -0.3 is 4.74 Å². The monoisotopic (exact) mass is 290 g/mol. The highest BCUT2D eigenvalue weighted by molar-refractivity contribution is 6.18. The van der Waals surface area contributed by atoms with Crippen molar-refractivity contribution in [1.82, 2.24) is 0 Å². The molecule has 108 valence electrons. The maximum Gasteiger partial charge on any atom is 0.119 e. The van der Waals surface area contributed by atoms with E-state index in [0.29, 0.717) is 17.9 Å². The van der Waals surface area contributed by atoms with E-state index in [4.69, 9.17) is 16.3 Å². The first-order valence-corrected chi connectivity index (χ1v) is 8.60. The van der Waals surface area contributed by atoms with Crippen LogP contribution in [0.5, 0.6) is 5.75 Å². The van der Waals surface area contributed by atoms with Crippen molar-refractivity contribution < 1.29 is 4.74 Å². The van der Waals surface area contributed by atoms with Gasteiger partial charge in [-0.25, -0.2) is 0 Å². The molecule has 4 saturated carbocycles. The Morgan fingerprint density at radius 2 is 1.50 bits per heavy atom. The van der Waals surface area contributed by atoms with Crippen molar-refractivity contribution in [1.29, 1.82) is 0 Å². The average molecular weight is 291 g/mol. The smallest absolute Gasteiger partial charge is 0.119 e. The molecule has 5 rings (SSSR count). The number of hydrogen-bond donors (Lipinski definition) is 0. The van der Waals surface area contributed by atoms with E-state index in [0.717, 1.165) is 23.5 Å². The number of rotatable bonds is 4. The average Bonchev–Trinajstić information content (AvgIpc) is 2.44. The Morgan fingerprint density at radius 3 is 2.00 bits per heavy atom. The second-order valence-corrected chi connectivity index (χ2v) is 7.64. The fourth-order valence-corrected chi connectivity index (χ4v) is 5.60. The van der Waals surface area contributed by atoms with Gasteiger partial charge in [-0.1, -0.05) is 12.1 Å². The first-order valence-electron chi connectivity index (χ1n) is 8.07. The molecule has 2 heteroatoms. The van der Waals surface area contributed by atoms with Gasteiger partial charge >= 0.3 is 0 Å². The minimum atomic E-state index is 0.500. The number of ether oxygens (including phenoxy) is 1. The van der Waals surface area contributed by atoms with Gasteiger partial charge in [0.15, 0.2) is 0 Å². The van der Waals surface area contributed by atoms with Gasteiger partial charge in [-0.3, -0.25) is 0 Å². The Bertz CT molecular complexity index is 443. The van der Waals surface area contributed by atoms with Crippen LogP contribution in [-0.2, 0) is 5.41 Å². The Labute approximate surface area is 126 Å². The van der Waals surface area contributed by atoms with Gasteiger partial charge in [0.1, 0.15) is 12.4 Å². The fourth-order valence-electron chi connectivity index (χ4n) is 5.53. The minimum absolute atomic E-state index is 0.500. The van der Waals surface area contributed by atoms with Crippen LogP contribution in [-0.4, -0.2) is 12.5 Å². The molecule has 0 heterocycles. The molecule has 0 N–H and O–H groups in total. The standard InChI is InChI=1S/C18H23ClO/c19-5-6-20-17-3-1-16(2-4-17)18-10-13-7-14(11-18)9-15(8-13)12-18/h1-4,13-15H,5-12H2. The summed E-state index contributed by atoms with van der Waals surface area (Å²) >= 11 is 5.67. The number of alkyl halides is 1. The zero-order valence-corrected chi connectivity index (χ0v) is 12.7. The molecule has 0 aliphatic heterocycles. The van der Waals surface area contributed by atoms with Crippen LogP contribution in [0.4, 0.5) is 0 Å². The van der Waals surface area contributed by atoms with E-state index in [1.807, 2.05) is 0 Å². The van der Waals surface area contributed by atoms with Gasteiger partial charge in [0.2, 0.25) is 0 Å². The summed E-state index contributed by atoms with van der Waals surface area (Å²) in [6.07, 6.45) is 8.82. The van der Waals surface area contributed by atoms with Crippen LogP contribution in [0.2, 0.25) is 0 Å². The summed E-state index contributed by atoms with van der Waals surface area (Å²) in [5.41, 5.74) is 2.06. The lowest BCUT2D eigenvalue weighted by atomic mass is 9.48. The number of benzene rings is 1. The highest BCUT2D eigenvalue weighted by atomic mass is 35.5. The molecule has 1 nitrogen and oxygen atoms in total. The second kappa shape index (κ2) is 4.94. The molecular weight excluding hydrogens is 268 g/mol. The molecule has 0 radical (unpaired) electrons. The van der Waals surface area contributed by atoms with Crippen molar-refractivity contribution in [2.24, 2.45) is 17.8 Å². The lowest BCUT2D eigenvalue weighted by molar-refractivity contribution is -0.00520. The third-order valence-electron chi connectivity index (χ3n) is 5.85. The molecule has 0 aromatic heterocycles.